The van der Waals surface area contributed by atoms with E-state index in [1.165, 1.54) is 12.8 Å². The molecule has 18 heavy (non-hydrogen) atoms. The van der Waals surface area contributed by atoms with Crippen LogP contribution < -0.4 is 10.2 Å². The molecule has 0 bridgehead atoms. The number of nitrogens with one attached hydrogen (secondary N) is 1. The molecule has 0 spiro atoms. The molecule has 1 aromatic heterocycles. The first kappa shape index (κ1) is 13.4. The number of aromatic nitrogens is 2. The van der Waals surface area contributed by atoms with Gasteiger partial charge in [0.2, 0.25) is 5.95 Å². The maximum atomic E-state index is 6.21. The Bertz CT molecular complexity index is 389. The third-order valence-electron chi connectivity index (χ3n) is 3.34. The average Bonchev–Trinajstić information content (AvgIpc) is 2.39. The van der Waals surface area contributed by atoms with Crippen LogP contribution in [0.5, 0.6) is 0 Å². The zero-order chi connectivity index (χ0) is 13.0. The van der Waals surface area contributed by atoms with Crippen LogP contribution >= 0.6 is 11.6 Å². The van der Waals surface area contributed by atoms with Crippen molar-refractivity contribution in [2.75, 3.05) is 29.9 Å². The van der Waals surface area contributed by atoms with Gasteiger partial charge in [0.25, 0.3) is 0 Å². The molecule has 2 heterocycles. The fourth-order valence-electron chi connectivity index (χ4n) is 2.12. The highest BCUT2D eigenvalue weighted by atomic mass is 35.5. The van der Waals surface area contributed by atoms with Crippen LogP contribution in [-0.2, 0) is 0 Å². The van der Waals surface area contributed by atoms with Crippen LogP contribution in [0.1, 0.15) is 33.1 Å². The molecule has 1 aromatic rings. The van der Waals surface area contributed by atoms with E-state index in [0.29, 0.717) is 11.0 Å². The van der Waals surface area contributed by atoms with Crippen LogP contribution in [0.2, 0.25) is 5.02 Å². The van der Waals surface area contributed by atoms with Crippen molar-refractivity contribution in [1.82, 2.24) is 9.97 Å². The second-order valence-corrected chi connectivity index (χ2v) is 5.37. The van der Waals surface area contributed by atoms with E-state index in [2.05, 4.69) is 34.0 Å². The van der Waals surface area contributed by atoms with Gasteiger partial charge in [-0.2, -0.15) is 4.98 Å². The van der Waals surface area contributed by atoms with Crippen LogP contribution in [0.4, 0.5) is 11.8 Å². The standard InChI is InChI=1S/C13H21ClN4/c1-3-6-15-13-16-9-11(14)12(17-13)18-7-4-10(2)5-8-18/h9-10H,3-8H2,1-2H3,(H,15,16,17). The van der Waals surface area contributed by atoms with E-state index >= 15 is 0 Å². The molecule has 2 rings (SSSR count). The minimum atomic E-state index is 0.645. The number of halogens is 1. The van der Waals surface area contributed by atoms with Crippen molar-refractivity contribution in [2.24, 2.45) is 5.92 Å². The first-order valence-corrected chi connectivity index (χ1v) is 7.10. The van der Waals surface area contributed by atoms with Crippen molar-refractivity contribution in [3.63, 3.8) is 0 Å². The summed E-state index contributed by atoms with van der Waals surface area (Å²) in [7, 11) is 0. The highest BCUT2D eigenvalue weighted by molar-refractivity contribution is 6.32. The summed E-state index contributed by atoms with van der Waals surface area (Å²) in [5.74, 6) is 2.35. The van der Waals surface area contributed by atoms with Gasteiger partial charge >= 0.3 is 0 Å². The van der Waals surface area contributed by atoms with Crippen molar-refractivity contribution < 1.29 is 0 Å². The first-order valence-electron chi connectivity index (χ1n) is 6.72. The summed E-state index contributed by atoms with van der Waals surface area (Å²) in [6.07, 6.45) is 5.17. The lowest BCUT2D eigenvalue weighted by Gasteiger charge is -2.31. The van der Waals surface area contributed by atoms with Crippen molar-refractivity contribution in [3.05, 3.63) is 11.2 Å². The Hall–Kier alpha value is -1.03. The molecule has 100 valence electrons. The van der Waals surface area contributed by atoms with Gasteiger partial charge in [0.05, 0.1) is 6.20 Å². The summed E-state index contributed by atoms with van der Waals surface area (Å²) in [6.45, 7) is 7.37. The highest BCUT2D eigenvalue weighted by Crippen LogP contribution is 2.27. The summed E-state index contributed by atoms with van der Waals surface area (Å²) < 4.78 is 0. The lowest BCUT2D eigenvalue weighted by atomic mass is 9.99. The molecule has 0 atom stereocenters. The second-order valence-electron chi connectivity index (χ2n) is 4.96. The van der Waals surface area contributed by atoms with Gasteiger partial charge in [0, 0.05) is 19.6 Å². The van der Waals surface area contributed by atoms with Crippen molar-refractivity contribution >= 4 is 23.4 Å². The van der Waals surface area contributed by atoms with Gasteiger partial charge in [0.15, 0.2) is 5.82 Å². The van der Waals surface area contributed by atoms with Crippen LogP contribution in [0.15, 0.2) is 6.20 Å². The van der Waals surface area contributed by atoms with Gasteiger partial charge in [-0.15, -0.1) is 0 Å². The third-order valence-corrected chi connectivity index (χ3v) is 3.61. The SMILES string of the molecule is CCCNc1ncc(Cl)c(N2CCC(C)CC2)n1. The summed E-state index contributed by atoms with van der Waals surface area (Å²) in [5.41, 5.74) is 0. The van der Waals surface area contributed by atoms with Gasteiger partial charge in [-0.25, -0.2) is 4.98 Å². The Morgan fingerprint density at radius 1 is 1.44 bits per heavy atom. The van der Waals surface area contributed by atoms with E-state index in [1.54, 1.807) is 6.20 Å². The van der Waals surface area contributed by atoms with Crippen molar-refractivity contribution in [3.8, 4) is 0 Å². The lowest BCUT2D eigenvalue weighted by Crippen LogP contribution is -2.33. The largest absolute Gasteiger partial charge is 0.355 e. The van der Waals surface area contributed by atoms with Gasteiger partial charge < -0.3 is 10.2 Å². The second kappa shape index (κ2) is 6.23. The molecule has 4 nitrogen and oxygen atoms in total. The van der Waals surface area contributed by atoms with Crippen molar-refractivity contribution in [1.29, 1.82) is 0 Å². The van der Waals surface area contributed by atoms with E-state index in [-0.39, 0.29) is 0 Å². The minimum absolute atomic E-state index is 0.645. The molecule has 0 saturated carbocycles. The molecule has 0 amide bonds. The quantitative estimate of drug-likeness (QED) is 0.911. The smallest absolute Gasteiger partial charge is 0.224 e. The van der Waals surface area contributed by atoms with E-state index in [9.17, 15) is 0 Å². The minimum Gasteiger partial charge on any atom is -0.355 e. The molecule has 0 radical (unpaired) electrons. The Morgan fingerprint density at radius 2 is 2.17 bits per heavy atom. The molecule has 1 saturated heterocycles. The molecule has 1 aliphatic rings. The summed E-state index contributed by atoms with van der Waals surface area (Å²) in [4.78, 5) is 11.0. The van der Waals surface area contributed by atoms with Gasteiger partial charge in [0.1, 0.15) is 5.02 Å². The van der Waals surface area contributed by atoms with Crippen LogP contribution in [0.3, 0.4) is 0 Å². The predicted molar refractivity (Wildman–Crippen MR) is 76.4 cm³/mol. The summed E-state index contributed by atoms with van der Waals surface area (Å²) in [6, 6.07) is 0. The fourth-order valence-corrected chi connectivity index (χ4v) is 2.33. The van der Waals surface area contributed by atoms with Gasteiger partial charge in [-0.05, 0) is 25.2 Å². The fraction of sp³-hybridized carbons (Fsp3) is 0.692. The van der Waals surface area contributed by atoms with E-state index in [0.717, 1.165) is 37.8 Å². The molecular formula is C13H21ClN4. The zero-order valence-electron chi connectivity index (χ0n) is 11.1. The molecule has 1 fully saturated rings. The van der Waals surface area contributed by atoms with E-state index in [4.69, 9.17) is 11.6 Å². The molecule has 1 aliphatic heterocycles. The maximum absolute atomic E-state index is 6.21. The zero-order valence-corrected chi connectivity index (χ0v) is 11.9. The number of piperidine rings is 1. The normalized spacial score (nSPS) is 16.9. The third kappa shape index (κ3) is 3.25. The molecule has 5 heteroatoms. The van der Waals surface area contributed by atoms with Crippen LogP contribution in [0, 0.1) is 5.92 Å². The Balaban J connectivity index is 2.10. The van der Waals surface area contributed by atoms with Gasteiger partial charge in [-0.1, -0.05) is 25.4 Å². The Labute approximate surface area is 114 Å². The molecule has 0 aromatic carbocycles. The first-order chi connectivity index (χ1) is 8.70. The number of nitrogens with zero attached hydrogens (tertiary/aromatic N) is 3. The maximum Gasteiger partial charge on any atom is 0.224 e. The number of rotatable bonds is 4. The highest BCUT2D eigenvalue weighted by Gasteiger charge is 2.19. The molecule has 1 N–H and O–H groups in total. The predicted octanol–water partition coefficient (Wildman–Crippen LogP) is 3.19. The number of anilines is 2. The number of hydrogen-bond donors (Lipinski definition) is 1. The van der Waals surface area contributed by atoms with E-state index < -0.39 is 0 Å². The number of hydrogen-bond acceptors (Lipinski definition) is 4. The molecule has 0 unspecified atom stereocenters. The topological polar surface area (TPSA) is 41.1 Å². The lowest BCUT2D eigenvalue weighted by molar-refractivity contribution is 0.436. The van der Waals surface area contributed by atoms with Gasteiger partial charge in [-0.3, -0.25) is 0 Å². The Morgan fingerprint density at radius 3 is 2.83 bits per heavy atom. The molecular weight excluding hydrogens is 248 g/mol. The average molecular weight is 269 g/mol. The molecule has 0 aliphatic carbocycles. The van der Waals surface area contributed by atoms with Crippen molar-refractivity contribution in [2.45, 2.75) is 33.1 Å². The van der Waals surface area contributed by atoms with Crippen LogP contribution in [-0.4, -0.2) is 29.6 Å². The van der Waals surface area contributed by atoms with E-state index in [1.807, 2.05) is 0 Å². The van der Waals surface area contributed by atoms with Crippen LogP contribution in [0.25, 0.3) is 0 Å². The monoisotopic (exact) mass is 268 g/mol. The summed E-state index contributed by atoms with van der Waals surface area (Å²) >= 11 is 6.21. The Kier molecular flexibility index (Phi) is 4.64. The summed E-state index contributed by atoms with van der Waals surface area (Å²) in [5, 5.41) is 3.85.